The number of hydrogen-bond acceptors (Lipinski definition) is 6. The number of esters is 3. The highest BCUT2D eigenvalue weighted by molar-refractivity contribution is 5.71. The average molecular weight is 1150 g/mol. The monoisotopic (exact) mass is 1150 g/mol. The molecular weight excluding hydrogens is 1020 g/mol. The molecule has 83 heavy (non-hydrogen) atoms. The minimum absolute atomic E-state index is 0.106. The summed E-state index contributed by atoms with van der Waals surface area (Å²) in [5.41, 5.74) is 0. The van der Waals surface area contributed by atoms with Crippen molar-refractivity contribution in [3.05, 3.63) is 146 Å². The number of unbranched alkanes of at least 4 members (excludes halogenated alkanes) is 26. The van der Waals surface area contributed by atoms with E-state index in [0.717, 1.165) is 141 Å². The van der Waals surface area contributed by atoms with Crippen molar-refractivity contribution in [1.82, 2.24) is 0 Å². The topological polar surface area (TPSA) is 78.9 Å². The minimum atomic E-state index is -0.817. The number of carbonyl (C=O) groups excluding carboxylic acids is 3. The maximum Gasteiger partial charge on any atom is 0.306 e. The zero-order valence-electron chi connectivity index (χ0n) is 53.9. The van der Waals surface area contributed by atoms with Crippen LogP contribution in [0.4, 0.5) is 0 Å². The van der Waals surface area contributed by atoms with E-state index >= 15 is 0 Å². The Morgan fingerprint density at radius 2 is 0.470 bits per heavy atom. The first kappa shape index (κ1) is 78.3. The summed E-state index contributed by atoms with van der Waals surface area (Å²) in [5, 5.41) is 0. The summed E-state index contributed by atoms with van der Waals surface area (Å²) in [5.74, 6) is -0.965. The van der Waals surface area contributed by atoms with Crippen LogP contribution in [0.5, 0.6) is 0 Å². The molecule has 0 spiro atoms. The third-order valence-electron chi connectivity index (χ3n) is 14.3. The third kappa shape index (κ3) is 68.0. The zero-order valence-corrected chi connectivity index (χ0v) is 53.9. The Kier molecular flexibility index (Phi) is 65.8. The van der Waals surface area contributed by atoms with Crippen molar-refractivity contribution in [3.63, 3.8) is 0 Å². The molecular formula is C77H126O6. The van der Waals surface area contributed by atoms with Gasteiger partial charge in [0.25, 0.3) is 0 Å². The molecule has 0 N–H and O–H groups in total. The molecule has 0 aromatic carbocycles. The van der Waals surface area contributed by atoms with Gasteiger partial charge in [-0.3, -0.25) is 14.4 Å². The normalized spacial score (nSPS) is 13.0. The van der Waals surface area contributed by atoms with Crippen LogP contribution in [0.25, 0.3) is 0 Å². The smallest absolute Gasteiger partial charge is 0.306 e. The van der Waals surface area contributed by atoms with Crippen LogP contribution < -0.4 is 0 Å². The van der Waals surface area contributed by atoms with Gasteiger partial charge in [-0.1, -0.05) is 289 Å². The van der Waals surface area contributed by atoms with Crippen molar-refractivity contribution in [2.45, 2.75) is 309 Å². The molecule has 470 valence electrons. The maximum atomic E-state index is 12.9. The van der Waals surface area contributed by atoms with Gasteiger partial charge in [-0.2, -0.15) is 0 Å². The molecule has 0 saturated carbocycles. The Morgan fingerprint density at radius 3 is 0.759 bits per heavy atom. The largest absolute Gasteiger partial charge is 0.462 e. The minimum Gasteiger partial charge on any atom is -0.462 e. The van der Waals surface area contributed by atoms with E-state index in [0.29, 0.717) is 19.3 Å². The Morgan fingerprint density at radius 1 is 0.253 bits per heavy atom. The molecule has 1 unspecified atom stereocenters. The highest BCUT2D eigenvalue weighted by Gasteiger charge is 2.19. The molecule has 0 saturated heterocycles. The molecule has 0 bridgehead atoms. The van der Waals surface area contributed by atoms with Crippen LogP contribution in [0.15, 0.2) is 146 Å². The first-order chi connectivity index (χ1) is 41.0. The van der Waals surface area contributed by atoms with E-state index in [-0.39, 0.29) is 37.5 Å². The van der Waals surface area contributed by atoms with Crippen molar-refractivity contribution in [3.8, 4) is 0 Å². The van der Waals surface area contributed by atoms with Crippen LogP contribution in [0.1, 0.15) is 303 Å². The molecule has 0 rings (SSSR count). The van der Waals surface area contributed by atoms with E-state index in [2.05, 4.69) is 167 Å². The van der Waals surface area contributed by atoms with Crippen LogP contribution in [-0.4, -0.2) is 37.2 Å². The van der Waals surface area contributed by atoms with Gasteiger partial charge in [0.2, 0.25) is 0 Å². The SMILES string of the molecule is CC/C=C\C/C=C\C/C=C\C/C=C\C/C=C\C/C=C\CCCCC(=O)OC(COC(=O)CCCCCCC/C=C\C/C=C\C/C=C\CC)COC(=O)CCCCCCCCCCCCCCCC/C=C\C/C=C\C/C=C\CCCCCCC. The standard InChI is InChI=1S/C77H126O6/c1-4-7-10-13-16-19-22-25-28-30-32-34-35-36-37-38-39-40-41-43-44-46-49-52-55-58-61-64-67-70-76(79)82-73-74(72-81-75(78)69-66-63-60-57-54-51-48-27-24-21-18-15-12-9-6-3)83-77(80)71-68-65-62-59-56-53-50-47-45-42-33-31-29-26-23-20-17-14-11-8-5-2/h8-9,11-12,17-18,20-22,25-27,29-30,32-33,35-36,42,47-48,50,56,59,74H,4-7,10,13-16,19,23-24,28,31,34,37-41,43-46,49,51-55,57-58,60-73H2,1-3H3/b11-8-,12-9-,20-17-,21-18-,25-22-,29-26-,32-30-,36-35-,42-33-,48-27-,50-47-,59-56-. The zero-order chi connectivity index (χ0) is 59.9. The number of allylic oxidation sites excluding steroid dienone is 24. The van der Waals surface area contributed by atoms with Crippen molar-refractivity contribution in [2.75, 3.05) is 13.2 Å². The summed E-state index contributed by atoms with van der Waals surface area (Å²) in [6, 6.07) is 0. The number of ether oxygens (including phenoxy) is 3. The second-order valence-corrected chi connectivity index (χ2v) is 22.3. The second-order valence-electron chi connectivity index (χ2n) is 22.3. The molecule has 0 aliphatic rings. The highest BCUT2D eigenvalue weighted by atomic mass is 16.6. The summed E-state index contributed by atoms with van der Waals surface area (Å²) in [7, 11) is 0. The molecule has 1 atom stereocenters. The summed E-state index contributed by atoms with van der Waals surface area (Å²) in [6.07, 6.45) is 100. The van der Waals surface area contributed by atoms with Gasteiger partial charge in [-0.15, -0.1) is 0 Å². The van der Waals surface area contributed by atoms with Crippen LogP contribution in [-0.2, 0) is 28.6 Å². The lowest BCUT2D eigenvalue weighted by atomic mass is 10.0. The third-order valence-corrected chi connectivity index (χ3v) is 14.3. The predicted molar refractivity (Wildman–Crippen MR) is 362 cm³/mol. The van der Waals surface area contributed by atoms with Crippen molar-refractivity contribution in [2.24, 2.45) is 0 Å². The lowest BCUT2D eigenvalue weighted by Crippen LogP contribution is -2.30. The van der Waals surface area contributed by atoms with Crippen molar-refractivity contribution < 1.29 is 28.6 Å². The lowest BCUT2D eigenvalue weighted by molar-refractivity contribution is -0.167. The molecule has 0 radical (unpaired) electrons. The molecule has 0 amide bonds. The van der Waals surface area contributed by atoms with Crippen LogP contribution in [0, 0.1) is 0 Å². The van der Waals surface area contributed by atoms with Crippen LogP contribution in [0.3, 0.4) is 0 Å². The molecule has 6 nitrogen and oxygen atoms in total. The number of rotatable bonds is 61. The molecule has 0 aliphatic carbocycles. The van der Waals surface area contributed by atoms with E-state index in [9.17, 15) is 14.4 Å². The fourth-order valence-electron chi connectivity index (χ4n) is 9.23. The van der Waals surface area contributed by atoms with Gasteiger partial charge in [0.1, 0.15) is 13.2 Å². The Hall–Kier alpha value is -4.71. The van der Waals surface area contributed by atoms with E-state index in [1.165, 1.54) is 116 Å². The summed E-state index contributed by atoms with van der Waals surface area (Å²) >= 11 is 0. The van der Waals surface area contributed by atoms with Gasteiger partial charge in [-0.25, -0.2) is 0 Å². The van der Waals surface area contributed by atoms with Gasteiger partial charge in [0, 0.05) is 19.3 Å². The molecule has 0 aromatic rings. The lowest BCUT2D eigenvalue weighted by Gasteiger charge is -2.18. The maximum absolute atomic E-state index is 12.9. The fraction of sp³-hybridized carbons (Fsp3) is 0.649. The molecule has 0 heterocycles. The molecule has 6 heteroatoms. The first-order valence-corrected chi connectivity index (χ1v) is 34.3. The quantitative estimate of drug-likeness (QED) is 0.0261. The number of hydrogen-bond donors (Lipinski definition) is 0. The average Bonchev–Trinajstić information content (AvgIpc) is 3.49. The van der Waals surface area contributed by atoms with Gasteiger partial charge in [-0.05, 0) is 141 Å². The fourth-order valence-corrected chi connectivity index (χ4v) is 9.23. The predicted octanol–water partition coefficient (Wildman–Crippen LogP) is 23.9. The summed E-state index contributed by atoms with van der Waals surface area (Å²) in [6.45, 7) is 6.37. The van der Waals surface area contributed by atoms with E-state index < -0.39 is 6.10 Å². The van der Waals surface area contributed by atoms with Gasteiger partial charge >= 0.3 is 17.9 Å². The van der Waals surface area contributed by atoms with Gasteiger partial charge in [0.05, 0.1) is 0 Å². The van der Waals surface area contributed by atoms with Crippen molar-refractivity contribution in [1.29, 1.82) is 0 Å². The second kappa shape index (κ2) is 69.8. The Labute approximate surface area is 512 Å². The van der Waals surface area contributed by atoms with Gasteiger partial charge < -0.3 is 14.2 Å². The number of carbonyl (C=O) groups is 3. The Balaban J connectivity index is 4.39. The molecule has 0 fully saturated rings. The molecule has 0 aliphatic heterocycles. The summed E-state index contributed by atoms with van der Waals surface area (Å²) < 4.78 is 16.9. The van der Waals surface area contributed by atoms with Crippen LogP contribution >= 0.6 is 0 Å². The van der Waals surface area contributed by atoms with Gasteiger partial charge in [0.15, 0.2) is 6.10 Å². The van der Waals surface area contributed by atoms with Crippen molar-refractivity contribution >= 4 is 17.9 Å². The first-order valence-electron chi connectivity index (χ1n) is 34.3. The summed E-state index contributed by atoms with van der Waals surface area (Å²) in [4.78, 5) is 38.4. The molecule has 0 aromatic heterocycles. The van der Waals surface area contributed by atoms with E-state index in [1.807, 2.05) is 0 Å². The highest BCUT2D eigenvalue weighted by Crippen LogP contribution is 2.16. The van der Waals surface area contributed by atoms with E-state index in [4.69, 9.17) is 14.2 Å². The van der Waals surface area contributed by atoms with Crippen LogP contribution in [0.2, 0.25) is 0 Å². The van der Waals surface area contributed by atoms with E-state index in [1.54, 1.807) is 0 Å². The Bertz CT molecular complexity index is 1800.